The summed E-state index contributed by atoms with van der Waals surface area (Å²) in [6, 6.07) is 9.50. The summed E-state index contributed by atoms with van der Waals surface area (Å²) in [6.45, 7) is 2.19. The van der Waals surface area contributed by atoms with E-state index in [0.29, 0.717) is 40.5 Å². The van der Waals surface area contributed by atoms with Crippen molar-refractivity contribution in [1.29, 1.82) is 0 Å². The minimum absolute atomic E-state index is 0.0207. The van der Waals surface area contributed by atoms with Gasteiger partial charge < -0.3 is 25.4 Å². The predicted molar refractivity (Wildman–Crippen MR) is 156 cm³/mol. The predicted octanol–water partition coefficient (Wildman–Crippen LogP) is 6.13. The molecule has 0 aromatic heterocycles. The van der Waals surface area contributed by atoms with Crippen molar-refractivity contribution in [3.8, 4) is 11.5 Å². The first-order chi connectivity index (χ1) is 18.9. The van der Waals surface area contributed by atoms with Crippen LogP contribution in [-0.4, -0.2) is 54.1 Å². The van der Waals surface area contributed by atoms with Crippen LogP contribution in [0.1, 0.15) is 68.9 Å². The van der Waals surface area contributed by atoms with Gasteiger partial charge in [-0.15, -0.1) is 0 Å². The van der Waals surface area contributed by atoms with E-state index in [1.807, 2.05) is 24.3 Å². The van der Waals surface area contributed by atoms with Crippen LogP contribution in [0.2, 0.25) is 10.0 Å². The minimum Gasteiger partial charge on any atom is -0.506 e. The molecule has 2 aromatic carbocycles. The van der Waals surface area contributed by atoms with Gasteiger partial charge in [0.25, 0.3) is 5.91 Å². The first kappa shape index (κ1) is 29.5. The zero-order valence-electron chi connectivity index (χ0n) is 22.4. The van der Waals surface area contributed by atoms with E-state index in [-0.39, 0.29) is 24.2 Å². The largest absolute Gasteiger partial charge is 0.506 e. The second-order valence-corrected chi connectivity index (χ2v) is 11.3. The number of amides is 2. The van der Waals surface area contributed by atoms with Crippen LogP contribution in [-0.2, 0) is 22.4 Å². The number of anilines is 1. The summed E-state index contributed by atoms with van der Waals surface area (Å²) in [5.41, 5.74) is 2.47. The van der Waals surface area contributed by atoms with E-state index in [1.54, 1.807) is 6.07 Å². The molecule has 1 fully saturated rings. The smallest absolute Gasteiger partial charge is 0.262 e. The fraction of sp³-hybridized carbons (Fsp3) is 0.533. The average molecular weight is 577 g/mol. The summed E-state index contributed by atoms with van der Waals surface area (Å²) >= 11 is 12.1. The minimum atomic E-state index is -0.260. The van der Waals surface area contributed by atoms with E-state index in [2.05, 4.69) is 15.5 Å². The Kier molecular flexibility index (Phi) is 11.2. The second kappa shape index (κ2) is 14.8. The molecule has 0 unspecified atom stereocenters. The van der Waals surface area contributed by atoms with Crippen molar-refractivity contribution in [2.24, 2.45) is 0 Å². The lowest BCUT2D eigenvalue weighted by molar-refractivity contribution is -0.134. The van der Waals surface area contributed by atoms with Crippen LogP contribution in [0, 0.1) is 0 Å². The molecular formula is C30H39Cl2N3O4. The fourth-order valence-corrected chi connectivity index (χ4v) is 5.80. The van der Waals surface area contributed by atoms with Gasteiger partial charge in [0.15, 0.2) is 12.4 Å². The molecule has 9 heteroatoms. The highest BCUT2D eigenvalue weighted by Crippen LogP contribution is 2.39. The van der Waals surface area contributed by atoms with Crippen LogP contribution < -0.4 is 15.4 Å². The van der Waals surface area contributed by atoms with Crippen LogP contribution in [0.5, 0.6) is 11.5 Å². The molecule has 2 amide bonds. The lowest BCUT2D eigenvalue weighted by Crippen LogP contribution is -2.43. The highest BCUT2D eigenvalue weighted by molar-refractivity contribution is 6.42. The number of halogens is 2. The number of phenols is 1. The molecule has 2 aliphatic rings. The van der Waals surface area contributed by atoms with Gasteiger partial charge >= 0.3 is 0 Å². The molecule has 4 rings (SSSR count). The van der Waals surface area contributed by atoms with Crippen LogP contribution in [0.3, 0.4) is 0 Å². The number of carbonyl (C=O) groups excluding carboxylic acids is 2. The van der Waals surface area contributed by atoms with E-state index in [9.17, 15) is 14.7 Å². The molecule has 0 saturated heterocycles. The summed E-state index contributed by atoms with van der Waals surface area (Å²) in [5, 5.41) is 17.3. The third-order valence-corrected chi connectivity index (χ3v) is 8.34. The quantitative estimate of drug-likeness (QED) is 0.197. The Morgan fingerprint density at radius 3 is 2.64 bits per heavy atom. The third kappa shape index (κ3) is 8.50. The molecule has 1 aliphatic heterocycles. The zero-order chi connectivity index (χ0) is 27.6. The summed E-state index contributed by atoms with van der Waals surface area (Å²) in [4.78, 5) is 27.0. The van der Waals surface area contributed by atoms with Crippen molar-refractivity contribution >= 4 is 40.7 Å². The Hall–Kier alpha value is -2.48. The normalized spacial score (nSPS) is 15.4. The highest BCUT2D eigenvalue weighted by atomic mass is 35.5. The fourth-order valence-electron chi connectivity index (χ4n) is 5.48. The lowest BCUT2D eigenvalue weighted by Gasteiger charge is -2.34. The number of phenolic OH excluding ortho intramolecular Hbond substituents is 1. The van der Waals surface area contributed by atoms with E-state index >= 15 is 0 Å². The van der Waals surface area contributed by atoms with Crippen LogP contribution in [0.25, 0.3) is 0 Å². The maximum absolute atomic E-state index is 13.2. The molecule has 2 aromatic rings. The summed E-state index contributed by atoms with van der Waals surface area (Å²) < 4.78 is 5.60. The molecule has 1 heterocycles. The number of ether oxygens (including phenoxy) is 1. The number of fused-ring (bicyclic) bond motifs is 1. The van der Waals surface area contributed by atoms with Crippen molar-refractivity contribution in [1.82, 2.24) is 10.2 Å². The number of aromatic hydroxyl groups is 1. The summed E-state index contributed by atoms with van der Waals surface area (Å²) in [5.74, 6) is 0.567. The molecule has 0 atom stereocenters. The molecule has 7 nitrogen and oxygen atoms in total. The van der Waals surface area contributed by atoms with Crippen molar-refractivity contribution in [3.63, 3.8) is 0 Å². The molecule has 0 bridgehead atoms. The molecule has 0 radical (unpaired) electrons. The number of nitrogens with one attached hydrogen (secondary N) is 2. The molecule has 0 spiro atoms. The van der Waals surface area contributed by atoms with Gasteiger partial charge in [0, 0.05) is 25.6 Å². The van der Waals surface area contributed by atoms with E-state index in [4.69, 9.17) is 27.9 Å². The van der Waals surface area contributed by atoms with Gasteiger partial charge in [-0.05, 0) is 74.4 Å². The van der Waals surface area contributed by atoms with Crippen molar-refractivity contribution in [2.75, 3.05) is 31.6 Å². The van der Waals surface area contributed by atoms with E-state index in [1.165, 1.54) is 19.3 Å². The first-order valence-corrected chi connectivity index (χ1v) is 14.9. The number of hydrogen-bond donors (Lipinski definition) is 3. The van der Waals surface area contributed by atoms with Gasteiger partial charge in [-0.3, -0.25) is 9.59 Å². The topological polar surface area (TPSA) is 90.9 Å². The Morgan fingerprint density at radius 2 is 1.85 bits per heavy atom. The molecule has 39 heavy (non-hydrogen) atoms. The Balaban J connectivity index is 1.21. The first-order valence-electron chi connectivity index (χ1n) is 14.1. The average Bonchev–Trinajstić information content (AvgIpc) is 2.94. The van der Waals surface area contributed by atoms with E-state index < -0.39 is 0 Å². The van der Waals surface area contributed by atoms with Gasteiger partial charge in [-0.2, -0.15) is 0 Å². The standard InChI is InChI=1S/C30H39Cl2N3O4/c31-24-12-10-21(19-25(24)32)14-16-33-17-15-28(38)35(23-8-4-1-5-9-23)18-6-2-3-7-22-11-13-26(36)29-30(22)39-20-27(37)34-29/h10-13,19,23,33,36H,1-9,14-18,20H2,(H,34,37). The number of hydrogen-bond acceptors (Lipinski definition) is 5. The van der Waals surface area contributed by atoms with Crippen LogP contribution >= 0.6 is 23.2 Å². The van der Waals surface area contributed by atoms with Gasteiger partial charge in [0.1, 0.15) is 11.4 Å². The second-order valence-electron chi connectivity index (χ2n) is 10.5. The summed E-state index contributed by atoms with van der Waals surface area (Å²) in [7, 11) is 0. The van der Waals surface area contributed by atoms with E-state index in [0.717, 1.165) is 69.2 Å². The zero-order valence-corrected chi connectivity index (χ0v) is 24.0. The number of carbonyl (C=O) groups is 2. The van der Waals surface area contributed by atoms with Gasteiger partial charge in [0.2, 0.25) is 5.91 Å². The van der Waals surface area contributed by atoms with Gasteiger partial charge in [-0.1, -0.05) is 61.0 Å². The van der Waals surface area contributed by atoms with Gasteiger partial charge in [0.05, 0.1) is 10.0 Å². The van der Waals surface area contributed by atoms with Crippen molar-refractivity contribution in [3.05, 3.63) is 51.5 Å². The maximum atomic E-state index is 13.2. The number of rotatable bonds is 13. The molecule has 1 saturated carbocycles. The van der Waals surface area contributed by atoms with Crippen LogP contribution in [0.4, 0.5) is 5.69 Å². The Labute approximate surface area is 241 Å². The molecule has 1 aliphatic carbocycles. The Bertz CT molecular complexity index is 1140. The Morgan fingerprint density at radius 1 is 1.03 bits per heavy atom. The molecular weight excluding hydrogens is 537 g/mol. The molecule has 3 N–H and O–H groups in total. The molecule has 212 valence electrons. The lowest BCUT2D eigenvalue weighted by atomic mass is 9.93. The summed E-state index contributed by atoms with van der Waals surface area (Å²) in [6.07, 6.45) is 10.8. The number of aryl methyl sites for hydroxylation is 1. The monoisotopic (exact) mass is 575 g/mol. The highest BCUT2D eigenvalue weighted by Gasteiger charge is 2.25. The van der Waals surface area contributed by atoms with Crippen molar-refractivity contribution in [2.45, 2.75) is 76.7 Å². The maximum Gasteiger partial charge on any atom is 0.262 e. The number of unbranched alkanes of at least 4 members (excludes halogenated alkanes) is 2. The van der Waals surface area contributed by atoms with Crippen molar-refractivity contribution < 1.29 is 19.4 Å². The number of benzene rings is 2. The SMILES string of the molecule is O=C1COc2c(CCCCCN(C(=O)CCNCCc3ccc(Cl)c(Cl)c3)C3CCCCC3)ccc(O)c2N1. The third-order valence-electron chi connectivity index (χ3n) is 7.60. The van der Waals surface area contributed by atoms with Gasteiger partial charge in [-0.25, -0.2) is 0 Å². The number of nitrogens with zero attached hydrogens (tertiary/aromatic N) is 1. The van der Waals surface area contributed by atoms with Crippen LogP contribution in [0.15, 0.2) is 30.3 Å².